The standard InChI is InChI=1S/C15H22N4O5/c16-15(17)18-6-2-1-3-13(22)19-10(14(23)24)7-9-4-5-11(20)12(21)8-9/h4-5,8,10,20-21H,1-3,6-7H2,(H,19,22)(H,23,24)(H4,16,17,18). The van der Waals surface area contributed by atoms with Gasteiger partial charge in [-0.05, 0) is 30.5 Å². The van der Waals surface area contributed by atoms with Crippen molar-refractivity contribution in [2.75, 3.05) is 6.54 Å². The molecule has 1 rings (SSSR count). The largest absolute Gasteiger partial charge is 0.504 e. The second kappa shape index (κ2) is 9.23. The van der Waals surface area contributed by atoms with Crippen molar-refractivity contribution in [2.45, 2.75) is 31.7 Å². The normalized spacial score (nSPS) is 11.5. The van der Waals surface area contributed by atoms with Crippen LogP contribution in [0.3, 0.4) is 0 Å². The number of aromatic hydroxyl groups is 2. The zero-order valence-corrected chi connectivity index (χ0v) is 13.1. The Balaban J connectivity index is 2.50. The van der Waals surface area contributed by atoms with Gasteiger partial charge in [0.15, 0.2) is 17.5 Å². The van der Waals surface area contributed by atoms with Gasteiger partial charge in [-0.1, -0.05) is 6.07 Å². The van der Waals surface area contributed by atoms with Crippen LogP contribution in [-0.2, 0) is 16.0 Å². The van der Waals surface area contributed by atoms with Crippen molar-refractivity contribution in [3.05, 3.63) is 23.8 Å². The number of phenols is 2. The van der Waals surface area contributed by atoms with E-state index in [0.717, 1.165) is 0 Å². The molecule has 0 spiro atoms. The van der Waals surface area contributed by atoms with Crippen LogP contribution < -0.4 is 16.8 Å². The minimum atomic E-state index is -1.18. The third-order valence-corrected chi connectivity index (χ3v) is 3.22. The van der Waals surface area contributed by atoms with E-state index in [1.165, 1.54) is 18.2 Å². The molecule has 9 heteroatoms. The monoisotopic (exact) mass is 338 g/mol. The van der Waals surface area contributed by atoms with Crippen molar-refractivity contribution < 1.29 is 24.9 Å². The number of aliphatic carboxylic acids is 1. The zero-order chi connectivity index (χ0) is 18.1. The molecule has 0 heterocycles. The molecule has 1 unspecified atom stereocenters. The predicted molar refractivity (Wildman–Crippen MR) is 87.6 cm³/mol. The number of nitrogens with one attached hydrogen (secondary N) is 1. The molecule has 132 valence electrons. The number of carbonyl (C=O) groups is 2. The summed E-state index contributed by atoms with van der Waals surface area (Å²) in [6, 6.07) is 2.87. The van der Waals surface area contributed by atoms with E-state index in [4.69, 9.17) is 11.5 Å². The Hall–Kier alpha value is -2.97. The summed E-state index contributed by atoms with van der Waals surface area (Å²) < 4.78 is 0. The summed E-state index contributed by atoms with van der Waals surface area (Å²) in [6.45, 7) is 0.407. The van der Waals surface area contributed by atoms with E-state index >= 15 is 0 Å². The number of nitrogens with zero attached hydrogens (tertiary/aromatic N) is 1. The van der Waals surface area contributed by atoms with E-state index in [9.17, 15) is 24.9 Å². The van der Waals surface area contributed by atoms with E-state index in [1.54, 1.807) is 0 Å². The van der Waals surface area contributed by atoms with Gasteiger partial charge < -0.3 is 32.1 Å². The number of phenolic OH excluding ortho intramolecular Hbond substituents is 2. The Kier molecular flexibility index (Phi) is 7.34. The molecule has 0 aliphatic carbocycles. The SMILES string of the molecule is NC(N)=NCCCCC(=O)NC(Cc1ccc(O)c(O)c1)C(=O)O. The fourth-order valence-electron chi connectivity index (χ4n) is 2.00. The fraction of sp³-hybridized carbons (Fsp3) is 0.400. The molecule has 0 radical (unpaired) electrons. The average molecular weight is 338 g/mol. The van der Waals surface area contributed by atoms with Crippen LogP contribution in [0, 0.1) is 0 Å². The number of benzene rings is 1. The molecular formula is C15H22N4O5. The fourth-order valence-corrected chi connectivity index (χ4v) is 2.00. The van der Waals surface area contributed by atoms with Gasteiger partial charge in [0.2, 0.25) is 5.91 Å². The molecule has 0 aliphatic rings. The summed E-state index contributed by atoms with van der Waals surface area (Å²) in [5.74, 6) is -2.23. The average Bonchev–Trinajstić information content (AvgIpc) is 2.49. The number of nitrogens with two attached hydrogens (primary N) is 2. The number of carbonyl (C=O) groups excluding carboxylic acids is 1. The Morgan fingerprint density at radius 3 is 2.46 bits per heavy atom. The first-order chi connectivity index (χ1) is 11.3. The summed E-state index contributed by atoms with van der Waals surface area (Å²) in [5.41, 5.74) is 10.8. The smallest absolute Gasteiger partial charge is 0.326 e. The number of carboxylic acids is 1. The highest BCUT2D eigenvalue weighted by Crippen LogP contribution is 2.25. The Morgan fingerprint density at radius 1 is 1.17 bits per heavy atom. The maximum absolute atomic E-state index is 11.8. The summed E-state index contributed by atoms with van der Waals surface area (Å²) in [6.07, 6.45) is 1.28. The van der Waals surface area contributed by atoms with Crippen LogP contribution in [0.15, 0.2) is 23.2 Å². The molecule has 0 fully saturated rings. The molecule has 1 aromatic carbocycles. The van der Waals surface area contributed by atoms with E-state index in [2.05, 4.69) is 10.3 Å². The summed E-state index contributed by atoms with van der Waals surface area (Å²) in [4.78, 5) is 26.9. The van der Waals surface area contributed by atoms with Gasteiger partial charge in [-0.15, -0.1) is 0 Å². The van der Waals surface area contributed by atoms with E-state index < -0.39 is 17.9 Å². The molecule has 0 aliphatic heterocycles. The third kappa shape index (κ3) is 6.86. The molecule has 1 atom stereocenters. The van der Waals surface area contributed by atoms with Gasteiger partial charge in [0.1, 0.15) is 6.04 Å². The van der Waals surface area contributed by atoms with Gasteiger partial charge in [-0.2, -0.15) is 0 Å². The molecule has 9 nitrogen and oxygen atoms in total. The highest BCUT2D eigenvalue weighted by molar-refractivity contribution is 5.83. The van der Waals surface area contributed by atoms with Gasteiger partial charge in [-0.3, -0.25) is 9.79 Å². The number of hydrogen-bond donors (Lipinski definition) is 6. The highest BCUT2D eigenvalue weighted by atomic mass is 16.4. The number of carboxylic acid groups (broad SMARTS) is 1. The van der Waals surface area contributed by atoms with E-state index in [0.29, 0.717) is 24.9 Å². The molecule has 1 amide bonds. The Morgan fingerprint density at radius 2 is 1.88 bits per heavy atom. The maximum Gasteiger partial charge on any atom is 0.326 e. The van der Waals surface area contributed by atoms with Crippen molar-refractivity contribution in [1.29, 1.82) is 0 Å². The molecule has 8 N–H and O–H groups in total. The first-order valence-corrected chi connectivity index (χ1v) is 7.38. The topological polar surface area (TPSA) is 171 Å². The zero-order valence-electron chi connectivity index (χ0n) is 13.1. The molecule has 0 saturated carbocycles. The highest BCUT2D eigenvalue weighted by Gasteiger charge is 2.20. The summed E-state index contributed by atoms with van der Waals surface area (Å²) in [5, 5.41) is 30.3. The first-order valence-electron chi connectivity index (χ1n) is 7.38. The van der Waals surface area contributed by atoms with Crippen LogP contribution in [0.4, 0.5) is 0 Å². The molecule has 1 aromatic rings. The lowest BCUT2D eigenvalue weighted by molar-refractivity contribution is -0.141. The number of hydrogen-bond acceptors (Lipinski definition) is 5. The number of rotatable bonds is 9. The number of amides is 1. The van der Waals surface area contributed by atoms with Crippen molar-refractivity contribution in [1.82, 2.24) is 5.32 Å². The predicted octanol–water partition coefficient (Wildman–Crippen LogP) is -0.347. The lowest BCUT2D eigenvalue weighted by Gasteiger charge is -2.15. The summed E-state index contributed by atoms with van der Waals surface area (Å²) in [7, 11) is 0. The first kappa shape index (κ1) is 19.1. The lowest BCUT2D eigenvalue weighted by atomic mass is 10.0. The van der Waals surface area contributed by atoms with Crippen molar-refractivity contribution >= 4 is 17.8 Å². The Bertz CT molecular complexity index is 614. The van der Waals surface area contributed by atoms with Gasteiger partial charge >= 0.3 is 5.97 Å². The number of aliphatic imine (C=N–C) groups is 1. The Labute approximate surface area is 139 Å². The van der Waals surface area contributed by atoms with Crippen LogP contribution in [0.2, 0.25) is 0 Å². The molecule has 0 bridgehead atoms. The molecular weight excluding hydrogens is 316 g/mol. The van der Waals surface area contributed by atoms with Gasteiger partial charge in [-0.25, -0.2) is 4.79 Å². The second-order valence-corrected chi connectivity index (χ2v) is 5.25. The summed E-state index contributed by atoms with van der Waals surface area (Å²) >= 11 is 0. The van der Waals surface area contributed by atoms with Gasteiger partial charge in [0, 0.05) is 19.4 Å². The third-order valence-electron chi connectivity index (χ3n) is 3.22. The van der Waals surface area contributed by atoms with Crippen LogP contribution in [0.1, 0.15) is 24.8 Å². The minimum Gasteiger partial charge on any atom is -0.504 e. The van der Waals surface area contributed by atoms with Gasteiger partial charge in [0.05, 0.1) is 0 Å². The maximum atomic E-state index is 11.8. The minimum absolute atomic E-state index is 0.0110. The number of unbranched alkanes of at least 4 members (excludes halogenated alkanes) is 1. The van der Waals surface area contributed by atoms with Crippen molar-refractivity contribution in [3.8, 4) is 11.5 Å². The van der Waals surface area contributed by atoms with Crippen molar-refractivity contribution in [2.24, 2.45) is 16.5 Å². The molecule has 0 saturated heterocycles. The molecule has 0 aromatic heterocycles. The van der Waals surface area contributed by atoms with Crippen LogP contribution >= 0.6 is 0 Å². The number of guanidine groups is 1. The quantitative estimate of drug-likeness (QED) is 0.155. The molecule has 24 heavy (non-hydrogen) atoms. The van der Waals surface area contributed by atoms with E-state index in [1.807, 2.05) is 0 Å². The van der Waals surface area contributed by atoms with Gasteiger partial charge in [0.25, 0.3) is 0 Å². The van der Waals surface area contributed by atoms with Crippen LogP contribution in [-0.4, -0.2) is 45.7 Å². The van der Waals surface area contributed by atoms with Crippen LogP contribution in [0.25, 0.3) is 0 Å². The second-order valence-electron chi connectivity index (χ2n) is 5.25. The van der Waals surface area contributed by atoms with E-state index in [-0.39, 0.29) is 30.3 Å². The van der Waals surface area contributed by atoms with Crippen LogP contribution in [0.5, 0.6) is 11.5 Å². The lowest BCUT2D eigenvalue weighted by Crippen LogP contribution is -2.42. The van der Waals surface area contributed by atoms with Crippen molar-refractivity contribution in [3.63, 3.8) is 0 Å².